The van der Waals surface area contributed by atoms with E-state index in [2.05, 4.69) is 5.32 Å². The van der Waals surface area contributed by atoms with E-state index in [0.29, 0.717) is 10.6 Å². The second-order valence-electron chi connectivity index (χ2n) is 3.26. The van der Waals surface area contributed by atoms with Crippen LogP contribution in [0.4, 0.5) is 0 Å². The summed E-state index contributed by atoms with van der Waals surface area (Å²) >= 11 is 11.2. The Labute approximate surface area is 104 Å². The quantitative estimate of drug-likeness (QED) is 0.666. The van der Waals surface area contributed by atoms with Gasteiger partial charge in [-0.15, -0.1) is 11.6 Å². The van der Waals surface area contributed by atoms with Gasteiger partial charge in [0.2, 0.25) is 5.91 Å². The Kier molecular flexibility index (Phi) is 4.77. The molecule has 3 nitrogen and oxygen atoms in total. The molecule has 0 spiro atoms. The molecule has 5 heteroatoms. The fourth-order valence-corrected chi connectivity index (χ4v) is 1.25. The molecule has 0 fully saturated rings. The standard InChI is InChI=1S/C11H11Cl2NO2/c1-7(12)11(16)14-6-10(15)8-2-4-9(13)5-3-8/h2-5,7H,6H2,1H3,(H,14,16). The molecule has 0 radical (unpaired) electrons. The molecule has 0 aliphatic carbocycles. The van der Waals surface area contributed by atoms with Crippen LogP contribution in [0.2, 0.25) is 5.02 Å². The summed E-state index contributed by atoms with van der Waals surface area (Å²) in [5.41, 5.74) is 0.506. The lowest BCUT2D eigenvalue weighted by atomic mass is 10.1. The van der Waals surface area contributed by atoms with Crippen LogP contribution < -0.4 is 5.32 Å². The SMILES string of the molecule is CC(Cl)C(=O)NCC(=O)c1ccc(Cl)cc1. The van der Waals surface area contributed by atoms with Crippen LogP contribution >= 0.6 is 23.2 Å². The van der Waals surface area contributed by atoms with E-state index in [1.54, 1.807) is 31.2 Å². The highest BCUT2D eigenvalue weighted by Crippen LogP contribution is 2.09. The van der Waals surface area contributed by atoms with Crippen LogP contribution in [0.1, 0.15) is 17.3 Å². The van der Waals surface area contributed by atoms with Crippen LogP contribution in [0.5, 0.6) is 0 Å². The molecule has 1 N–H and O–H groups in total. The monoisotopic (exact) mass is 259 g/mol. The number of amides is 1. The number of ketones is 1. The topological polar surface area (TPSA) is 46.2 Å². The molecule has 1 amide bonds. The maximum Gasteiger partial charge on any atom is 0.238 e. The molecular weight excluding hydrogens is 249 g/mol. The van der Waals surface area contributed by atoms with E-state index in [0.717, 1.165) is 0 Å². The molecule has 16 heavy (non-hydrogen) atoms. The normalized spacial score (nSPS) is 11.9. The Bertz CT molecular complexity index is 387. The molecule has 0 heterocycles. The summed E-state index contributed by atoms with van der Waals surface area (Å²) in [7, 11) is 0. The molecule has 0 aromatic heterocycles. The first-order chi connectivity index (χ1) is 7.50. The number of nitrogens with one attached hydrogen (secondary N) is 1. The van der Waals surface area contributed by atoms with Crippen LogP contribution in [0.25, 0.3) is 0 Å². The van der Waals surface area contributed by atoms with Crippen LogP contribution in [-0.4, -0.2) is 23.6 Å². The molecule has 0 bridgehead atoms. The largest absolute Gasteiger partial charge is 0.347 e. The van der Waals surface area contributed by atoms with Gasteiger partial charge in [0.25, 0.3) is 0 Å². The zero-order valence-corrected chi connectivity index (χ0v) is 10.2. The van der Waals surface area contributed by atoms with Crippen molar-refractivity contribution < 1.29 is 9.59 Å². The van der Waals surface area contributed by atoms with Crippen LogP contribution in [0.15, 0.2) is 24.3 Å². The summed E-state index contributed by atoms with van der Waals surface area (Å²) in [6, 6.07) is 6.48. The van der Waals surface area contributed by atoms with E-state index >= 15 is 0 Å². The van der Waals surface area contributed by atoms with E-state index in [4.69, 9.17) is 23.2 Å². The van der Waals surface area contributed by atoms with Gasteiger partial charge in [-0.1, -0.05) is 11.6 Å². The van der Waals surface area contributed by atoms with Gasteiger partial charge in [-0.3, -0.25) is 9.59 Å². The third-order valence-electron chi connectivity index (χ3n) is 1.95. The Balaban J connectivity index is 2.53. The average molecular weight is 260 g/mol. The van der Waals surface area contributed by atoms with Gasteiger partial charge in [0, 0.05) is 10.6 Å². The molecular formula is C11H11Cl2NO2. The Morgan fingerprint density at radius 1 is 1.31 bits per heavy atom. The first-order valence-corrected chi connectivity index (χ1v) is 5.52. The number of rotatable bonds is 4. The number of carbonyl (C=O) groups excluding carboxylic acids is 2. The average Bonchev–Trinajstić information content (AvgIpc) is 2.26. The number of halogens is 2. The van der Waals surface area contributed by atoms with Gasteiger partial charge in [0.1, 0.15) is 5.38 Å². The predicted octanol–water partition coefficient (Wildman–Crippen LogP) is 2.27. The molecule has 1 atom stereocenters. The summed E-state index contributed by atoms with van der Waals surface area (Å²) in [5, 5.41) is 2.37. The summed E-state index contributed by atoms with van der Waals surface area (Å²) in [6.07, 6.45) is 0. The molecule has 0 aliphatic rings. The van der Waals surface area contributed by atoms with Crippen LogP contribution in [0, 0.1) is 0 Å². The molecule has 1 unspecified atom stereocenters. The second-order valence-corrected chi connectivity index (χ2v) is 4.35. The molecule has 86 valence electrons. The van der Waals surface area contributed by atoms with Crippen molar-refractivity contribution in [2.45, 2.75) is 12.3 Å². The van der Waals surface area contributed by atoms with E-state index in [1.807, 2.05) is 0 Å². The smallest absolute Gasteiger partial charge is 0.238 e. The first-order valence-electron chi connectivity index (χ1n) is 4.71. The summed E-state index contributed by atoms with van der Waals surface area (Å²) in [4.78, 5) is 22.7. The van der Waals surface area contributed by atoms with Crippen molar-refractivity contribution >= 4 is 34.9 Å². The van der Waals surface area contributed by atoms with Gasteiger partial charge in [0.15, 0.2) is 5.78 Å². The lowest BCUT2D eigenvalue weighted by Crippen LogP contribution is -2.34. The zero-order valence-electron chi connectivity index (χ0n) is 8.67. The maximum atomic E-state index is 11.6. The lowest BCUT2D eigenvalue weighted by molar-refractivity contribution is -0.120. The summed E-state index contributed by atoms with van der Waals surface area (Å²) in [6.45, 7) is 1.49. The molecule has 1 aromatic rings. The zero-order chi connectivity index (χ0) is 12.1. The number of Topliss-reactive ketones (excluding diaryl/α,β-unsaturated/α-hetero) is 1. The van der Waals surface area contributed by atoms with Crippen molar-refractivity contribution in [2.75, 3.05) is 6.54 Å². The highest BCUT2D eigenvalue weighted by Gasteiger charge is 2.11. The molecule has 1 aromatic carbocycles. The number of benzene rings is 1. The summed E-state index contributed by atoms with van der Waals surface area (Å²) in [5.74, 6) is -0.536. The Hall–Kier alpha value is -1.06. The number of hydrogen-bond acceptors (Lipinski definition) is 2. The van der Waals surface area contributed by atoms with E-state index in [9.17, 15) is 9.59 Å². The summed E-state index contributed by atoms with van der Waals surface area (Å²) < 4.78 is 0. The molecule has 0 aliphatic heterocycles. The van der Waals surface area contributed by atoms with E-state index < -0.39 is 5.38 Å². The Morgan fingerprint density at radius 3 is 2.38 bits per heavy atom. The van der Waals surface area contributed by atoms with E-state index in [-0.39, 0.29) is 18.2 Å². The Morgan fingerprint density at radius 2 is 1.88 bits per heavy atom. The van der Waals surface area contributed by atoms with Gasteiger partial charge in [-0.05, 0) is 31.2 Å². The van der Waals surface area contributed by atoms with Crippen LogP contribution in [-0.2, 0) is 4.79 Å². The van der Waals surface area contributed by atoms with Gasteiger partial charge in [0.05, 0.1) is 6.54 Å². The van der Waals surface area contributed by atoms with Crippen molar-refractivity contribution in [1.29, 1.82) is 0 Å². The minimum Gasteiger partial charge on any atom is -0.347 e. The molecule has 0 saturated carbocycles. The number of carbonyl (C=O) groups is 2. The number of hydrogen-bond donors (Lipinski definition) is 1. The van der Waals surface area contributed by atoms with Crippen molar-refractivity contribution in [3.8, 4) is 0 Å². The maximum absolute atomic E-state index is 11.6. The second kappa shape index (κ2) is 5.87. The number of alkyl halides is 1. The third-order valence-corrected chi connectivity index (χ3v) is 2.40. The van der Waals surface area contributed by atoms with Gasteiger partial charge in [-0.25, -0.2) is 0 Å². The third kappa shape index (κ3) is 3.83. The lowest BCUT2D eigenvalue weighted by Gasteiger charge is -2.05. The fourth-order valence-electron chi connectivity index (χ4n) is 1.05. The van der Waals surface area contributed by atoms with Crippen molar-refractivity contribution in [3.05, 3.63) is 34.9 Å². The predicted molar refractivity (Wildman–Crippen MR) is 64.1 cm³/mol. The highest BCUT2D eigenvalue weighted by atomic mass is 35.5. The minimum atomic E-state index is -0.641. The van der Waals surface area contributed by atoms with Gasteiger partial charge >= 0.3 is 0 Å². The van der Waals surface area contributed by atoms with Crippen molar-refractivity contribution in [2.24, 2.45) is 0 Å². The van der Waals surface area contributed by atoms with Gasteiger partial charge < -0.3 is 5.32 Å². The molecule has 1 rings (SSSR count). The first kappa shape index (κ1) is 13.0. The van der Waals surface area contributed by atoms with Gasteiger partial charge in [-0.2, -0.15) is 0 Å². The van der Waals surface area contributed by atoms with Crippen molar-refractivity contribution in [1.82, 2.24) is 5.32 Å². The van der Waals surface area contributed by atoms with Crippen LogP contribution in [0.3, 0.4) is 0 Å². The van der Waals surface area contributed by atoms with E-state index in [1.165, 1.54) is 0 Å². The van der Waals surface area contributed by atoms with Crippen molar-refractivity contribution in [3.63, 3.8) is 0 Å². The minimum absolute atomic E-state index is 0.0580. The molecule has 0 saturated heterocycles. The fraction of sp³-hybridized carbons (Fsp3) is 0.273. The highest BCUT2D eigenvalue weighted by molar-refractivity contribution is 6.31.